The van der Waals surface area contributed by atoms with Crippen LogP contribution >= 0.6 is 0 Å². The van der Waals surface area contributed by atoms with Gasteiger partial charge in [0.15, 0.2) is 6.04 Å². The summed E-state index contributed by atoms with van der Waals surface area (Å²) in [5.41, 5.74) is 7.79. The smallest absolute Gasteiger partial charge is 0.275 e. The van der Waals surface area contributed by atoms with Crippen LogP contribution in [0.25, 0.3) is 0 Å². The number of primary amides is 1. The first-order valence-electron chi connectivity index (χ1n) is 5.18. The van der Waals surface area contributed by atoms with E-state index in [1.807, 2.05) is 26.1 Å². The Hall–Kier alpha value is -1.35. The fraction of sp³-hybridized carbons (Fsp3) is 0.417. The van der Waals surface area contributed by atoms with Gasteiger partial charge in [0, 0.05) is 5.56 Å². The van der Waals surface area contributed by atoms with Crippen molar-refractivity contribution in [3.63, 3.8) is 0 Å². The normalized spacial score (nSPS) is 14.6. The monoisotopic (exact) mass is 207 g/mol. The van der Waals surface area contributed by atoms with Crippen molar-refractivity contribution in [3.8, 4) is 0 Å². The van der Waals surface area contributed by atoms with Crippen LogP contribution in [-0.4, -0.2) is 19.0 Å². The van der Waals surface area contributed by atoms with Crippen LogP contribution in [0.5, 0.6) is 0 Å². The van der Waals surface area contributed by atoms with Crippen molar-refractivity contribution >= 4 is 5.91 Å². The molecule has 3 N–H and O–H groups in total. The van der Waals surface area contributed by atoms with E-state index in [9.17, 15) is 4.79 Å². The van der Waals surface area contributed by atoms with E-state index in [1.54, 1.807) is 0 Å². The van der Waals surface area contributed by atoms with Crippen molar-refractivity contribution in [2.75, 3.05) is 7.05 Å². The van der Waals surface area contributed by atoms with Crippen LogP contribution in [0.2, 0.25) is 0 Å². The number of amides is 1. The van der Waals surface area contributed by atoms with Crippen molar-refractivity contribution in [1.29, 1.82) is 0 Å². The molecule has 0 radical (unpaired) electrons. The maximum Gasteiger partial charge on any atom is 0.275 e. The number of hydrogen-bond donors (Lipinski definition) is 2. The van der Waals surface area contributed by atoms with Crippen LogP contribution in [0.3, 0.4) is 0 Å². The molecular weight excluding hydrogens is 188 g/mol. The minimum atomic E-state index is -0.249. The number of nitrogens with two attached hydrogens (primary N) is 1. The van der Waals surface area contributed by atoms with Crippen LogP contribution in [-0.2, 0) is 11.3 Å². The molecule has 1 rings (SSSR count). The first-order valence-corrected chi connectivity index (χ1v) is 5.18. The summed E-state index contributed by atoms with van der Waals surface area (Å²) in [6.07, 6.45) is 0. The molecular formula is C12H19N2O+. The Balaban J connectivity index is 2.70. The fourth-order valence-electron chi connectivity index (χ4n) is 1.50. The number of benzene rings is 1. The molecule has 0 fully saturated rings. The first kappa shape index (κ1) is 11.7. The summed E-state index contributed by atoms with van der Waals surface area (Å²) < 4.78 is 0. The third-order valence-corrected chi connectivity index (χ3v) is 2.90. The number of aryl methyl sites for hydroxylation is 1. The maximum atomic E-state index is 11.0. The van der Waals surface area contributed by atoms with Gasteiger partial charge in [-0.15, -0.1) is 0 Å². The third-order valence-electron chi connectivity index (χ3n) is 2.90. The van der Waals surface area contributed by atoms with Gasteiger partial charge in [-0.05, 0) is 19.4 Å². The largest absolute Gasteiger partial charge is 0.365 e. The Kier molecular flexibility index (Phi) is 3.86. The zero-order chi connectivity index (χ0) is 11.4. The molecule has 0 aromatic heterocycles. The van der Waals surface area contributed by atoms with E-state index in [-0.39, 0.29) is 11.9 Å². The molecule has 0 heterocycles. The summed E-state index contributed by atoms with van der Waals surface area (Å²) in [4.78, 5) is 12.1. The van der Waals surface area contributed by atoms with Gasteiger partial charge in [-0.1, -0.05) is 24.3 Å². The molecule has 1 unspecified atom stereocenters. The molecule has 0 saturated heterocycles. The molecule has 3 nitrogen and oxygen atoms in total. The van der Waals surface area contributed by atoms with Crippen molar-refractivity contribution in [2.24, 2.45) is 5.73 Å². The Labute approximate surface area is 90.9 Å². The van der Waals surface area contributed by atoms with Gasteiger partial charge in [0.05, 0.1) is 7.05 Å². The topological polar surface area (TPSA) is 47.5 Å². The number of quaternary nitrogens is 1. The molecule has 3 heteroatoms. The molecule has 82 valence electrons. The van der Waals surface area contributed by atoms with Crippen LogP contribution in [0.4, 0.5) is 0 Å². The van der Waals surface area contributed by atoms with Gasteiger partial charge in [0.2, 0.25) is 0 Å². The van der Waals surface area contributed by atoms with E-state index in [4.69, 9.17) is 5.73 Å². The Morgan fingerprint density at radius 2 is 2.07 bits per heavy atom. The van der Waals surface area contributed by atoms with Crippen molar-refractivity contribution < 1.29 is 9.69 Å². The molecule has 0 aliphatic heterocycles. The van der Waals surface area contributed by atoms with Crippen molar-refractivity contribution in [3.05, 3.63) is 35.4 Å². The molecule has 0 aliphatic rings. The van der Waals surface area contributed by atoms with Crippen LogP contribution < -0.4 is 10.6 Å². The molecule has 1 aromatic rings. The summed E-state index contributed by atoms with van der Waals surface area (Å²) >= 11 is 0. The second kappa shape index (κ2) is 4.94. The van der Waals surface area contributed by atoms with Gasteiger partial charge in [0.25, 0.3) is 5.91 Å². The number of nitrogens with one attached hydrogen (secondary N) is 1. The summed E-state index contributed by atoms with van der Waals surface area (Å²) in [5, 5.41) is 0. The number of carbonyl (C=O) groups excluding carboxylic acids is 1. The minimum Gasteiger partial charge on any atom is -0.365 e. The average molecular weight is 207 g/mol. The lowest BCUT2D eigenvalue weighted by atomic mass is 10.1. The van der Waals surface area contributed by atoms with Crippen molar-refractivity contribution in [1.82, 2.24) is 0 Å². The zero-order valence-corrected chi connectivity index (χ0v) is 9.58. The molecule has 0 aliphatic carbocycles. The fourth-order valence-corrected chi connectivity index (χ4v) is 1.50. The summed E-state index contributed by atoms with van der Waals surface area (Å²) in [7, 11) is 1.99. The molecule has 0 spiro atoms. The van der Waals surface area contributed by atoms with Gasteiger partial charge in [-0.25, -0.2) is 0 Å². The van der Waals surface area contributed by atoms with E-state index in [0.29, 0.717) is 0 Å². The highest BCUT2D eigenvalue weighted by Gasteiger charge is 2.18. The lowest BCUT2D eigenvalue weighted by Crippen LogP contribution is -3.12. The Morgan fingerprint density at radius 1 is 1.47 bits per heavy atom. The van der Waals surface area contributed by atoms with Gasteiger partial charge < -0.3 is 10.6 Å². The highest BCUT2D eigenvalue weighted by Crippen LogP contribution is 2.04. The summed E-state index contributed by atoms with van der Waals surface area (Å²) in [5.74, 6) is -0.249. The number of hydrogen-bond acceptors (Lipinski definition) is 1. The first-order chi connectivity index (χ1) is 7.02. The van der Waals surface area contributed by atoms with E-state index >= 15 is 0 Å². The average Bonchev–Trinajstić information content (AvgIpc) is 2.20. The predicted octanol–water partition coefficient (Wildman–Crippen LogP) is -0.116. The lowest BCUT2D eigenvalue weighted by molar-refractivity contribution is -0.908. The molecule has 0 bridgehead atoms. The summed E-state index contributed by atoms with van der Waals surface area (Å²) in [6, 6.07) is 8.06. The predicted molar refractivity (Wildman–Crippen MR) is 60.4 cm³/mol. The quantitative estimate of drug-likeness (QED) is 0.710. The minimum absolute atomic E-state index is 0.149. The van der Waals surface area contributed by atoms with Crippen LogP contribution in [0.1, 0.15) is 18.1 Å². The SMILES string of the molecule is Cc1ccccc1C[NH+](C)[C@H](C)C(N)=O. The van der Waals surface area contributed by atoms with E-state index in [2.05, 4.69) is 19.1 Å². The van der Waals surface area contributed by atoms with Gasteiger partial charge in [0.1, 0.15) is 6.54 Å². The Morgan fingerprint density at radius 3 is 2.60 bits per heavy atom. The zero-order valence-electron chi connectivity index (χ0n) is 9.58. The van der Waals surface area contributed by atoms with Gasteiger partial charge in [-0.2, -0.15) is 0 Å². The molecule has 1 amide bonds. The third kappa shape index (κ3) is 3.06. The van der Waals surface area contributed by atoms with Crippen LogP contribution in [0.15, 0.2) is 24.3 Å². The second-order valence-corrected chi connectivity index (χ2v) is 4.07. The van der Waals surface area contributed by atoms with E-state index in [1.165, 1.54) is 11.1 Å². The standard InChI is InChI=1S/C12H18N2O/c1-9-6-4-5-7-11(9)8-14(3)10(2)12(13)15/h4-7,10H,8H2,1-3H3,(H2,13,15)/p+1/t10-/m1/s1. The highest BCUT2D eigenvalue weighted by molar-refractivity contribution is 5.77. The number of likely N-dealkylation sites (N-methyl/N-ethyl adjacent to an activating group) is 1. The number of rotatable bonds is 4. The molecule has 15 heavy (non-hydrogen) atoms. The van der Waals surface area contributed by atoms with Crippen molar-refractivity contribution in [2.45, 2.75) is 26.4 Å². The molecule has 2 atom stereocenters. The molecule has 0 saturated carbocycles. The number of carbonyl (C=O) groups is 1. The van der Waals surface area contributed by atoms with Gasteiger partial charge in [-0.3, -0.25) is 4.79 Å². The van der Waals surface area contributed by atoms with E-state index in [0.717, 1.165) is 11.4 Å². The van der Waals surface area contributed by atoms with E-state index < -0.39 is 0 Å². The van der Waals surface area contributed by atoms with Crippen LogP contribution in [0, 0.1) is 6.92 Å². The van der Waals surface area contributed by atoms with Gasteiger partial charge >= 0.3 is 0 Å². The summed E-state index contributed by atoms with van der Waals surface area (Å²) in [6.45, 7) is 4.77. The Bertz CT molecular complexity index is 349. The highest BCUT2D eigenvalue weighted by atomic mass is 16.1. The maximum absolute atomic E-state index is 11.0. The molecule has 1 aromatic carbocycles. The second-order valence-electron chi connectivity index (χ2n) is 4.07. The lowest BCUT2D eigenvalue weighted by Gasteiger charge is -2.19.